The van der Waals surface area contributed by atoms with Crippen LogP contribution in [-0.4, -0.2) is 82.0 Å². The Morgan fingerprint density at radius 2 is 1.72 bits per heavy atom. The number of amides is 2. The molecule has 3 aromatic rings. The number of ether oxygens (including phenoxy) is 2. The molecule has 0 aliphatic carbocycles. The van der Waals surface area contributed by atoms with Crippen molar-refractivity contribution in [3.63, 3.8) is 0 Å². The summed E-state index contributed by atoms with van der Waals surface area (Å²) in [6, 6.07) is 13.1. The summed E-state index contributed by atoms with van der Waals surface area (Å²) in [7, 11) is 0. The zero-order valence-electron chi connectivity index (χ0n) is 19.7. The number of benzene rings is 2. The Morgan fingerprint density at radius 3 is 2.47 bits per heavy atom. The Balaban J connectivity index is 1.18. The van der Waals surface area contributed by atoms with Crippen LogP contribution in [0.3, 0.4) is 0 Å². The van der Waals surface area contributed by atoms with Crippen molar-refractivity contribution in [2.24, 2.45) is 0 Å². The maximum Gasteiger partial charge on any atom is 0.255 e. The number of hydrogen-bond donors (Lipinski definition) is 3. The van der Waals surface area contributed by atoms with Crippen LogP contribution in [-0.2, 0) is 11.3 Å². The second-order valence-corrected chi connectivity index (χ2v) is 8.79. The molecule has 0 radical (unpaired) electrons. The molecule has 1 aromatic heterocycles. The lowest BCUT2D eigenvalue weighted by Crippen LogP contribution is -2.55. The molecule has 2 amide bonds. The lowest BCUT2D eigenvalue weighted by atomic mass is 10.1. The minimum absolute atomic E-state index is 0.0287. The van der Waals surface area contributed by atoms with E-state index >= 15 is 0 Å². The quantitative estimate of drug-likeness (QED) is 0.456. The fourth-order valence-electron chi connectivity index (χ4n) is 4.44. The minimum Gasteiger partial charge on any atom is -0.507 e. The van der Waals surface area contributed by atoms with E-state index in [2.05, 4.69) is 10.2 Å². The molecule has 0 saturated carbocycles. The number of nitrogens with one attached hydrogen (secondary N) is 1. The molecule has 10 heteroatoms. The van der Waals surface area contributed by atoms with Gasteiger partial charge >= 0.3 is 0 Å². The van der Waals surface area contributed by atoms with Gasteiger partial charge in [0.25, 0.3) is 5.91 Å². The Hall–Kier alpha value is -4.02. The van der Waals surface area contributed by atoms with Crippen LogP contribution >= 0.6 is 0 Å². The van der Waals surface area contributed by atoms with E-state index in [0.29, 0.717) is 31.9 Å². The molecule has 0 bridgehead atoms. The van der Waals surface area contributed by atoms with E-state index in [9.17, 15) is 19.8 Å². The molecule has 188 valence electrons. The molecular weight excluding hydrogens is 464 g/mol. The molecule has 0 unspecified atom stereocenters. The van der Waals surface area contributed by atoms with Gasteiger partial charge in [0.05, 0.1) is 12.2 Å². The van der Waals surface area contributed by atoms with E-state index in [-0.39, 0.29) is 24.0 Å². The normalized spacial score (nSPS) is 16.1. The summed E-state index contributed by atoms with van der Waals surface area (Å²) >= 11 is 0. The van der Waals surface area contributed by atoms with Crippen molar-refractivity contribution in [2.45, 2.75) is 12.6 Å². The summed E-state index contributed by atoms with van der Waals surface area (Å²) in [5.41, 5.74) is 1.82. The fraction of sp³-hybridized carbons (Fsp3) is 0.308. The summed E-state index contributed by atoms with van der Waals surface area (Å²) < 4.78 is 12.6. The number of phenols is 1. The molecule has 0 spiro atoms. The van der Waals surface area contributed by atoms with Gasteiger partial charge in [0.2, 0.25) is 12.7 Å². The number of hydrogen-bond acceptors (Lipinski definition) is 7. The average Bonchev–Trinajstić information content (AvgIpc) is 3.60. The lowest BCUT2D eigenvalue weighted by Gasteiger charge is -2.36. The van der Waals surface area contributed by atoms with Crippen molar-refractivity contribution >= 4 is 11.8 Å². The smallest absolute Gasteiger partial charge is 0.255 e. The van der Waals surface area contributed by atoms with E-state index in [1.54, 1.807) is 21.6 Å². The Bertz CT molecular complexity index is 1240. The van der Waals surface area contributed by atoms with Gasteiger partial charge in [-0.1, -0.05) is 6.07 Å². The first kappa shape index (κ1) is 23.7. The molecule has 5 rings (SSSR count). The van der Waals surface area contributed by atoms with Gasteiger partial charge in [-0.25, -0.2) is 0 Å². The second-order valence-electron chi connectivity index (χ2n) is 8.79. The van der Waals surface area contributed by atoms with Gasteiger partial charge in [0.1, 0.15) is 11.8 Å². The number of nitrogens with zero attached hydrogens (tertiary/aromatic N) is 3. The molecule has 36 heavy (non-hydrogen) atoms. The standard InChI is InChI=1S/C26H28N4O6/c31-16-21(27-25(33)20-14-19(4-5-22(20)32)29-7-1-2-8-29)26(34)30-11-9-28(10-12-30)15-18-3-6-23-24(13-18)36-17-35-23/h1-8,13-14,21,31-32H,9-12,15-17H2,(H,27,33)/t21-/m0/s1. The number of aromatic hydroxyl groups is 1. The van der Waals surface area contributed by atoms with Crippen LogP contribution in [0.1, 0.15) is 15.9 Å². The number of aliphatic hydroxyl groups excluding tert-OH is 1. The third kappa shape index (κ3) is 5.00. The van der Waals surface area contributed by atoms with Gasteiger partial charge in [0, 0.05) is 50.8 Å². The molecule has 1 fully saturated rings. The molecule has 10 nitrogen and oxygen atoms in total. The Labute approximate surface area is 208 Å². The Morgan fingerprint density at radius 1 is 0.972 bits per heavy atom. The lowest BCUT2D eigenvalue weighted by molar-refractivity contribution is -0.136. The average molecular weight is 493 g/mol. The molecule has 2 aliphatic heterocycles. The van der Waals surface area contributed by atoms with Gasteiger partial charge in [-0.15, -0.1) is 0 Å². The zero-order chi connectivity index (χ0) is 25.1. The van der Waals surface area contributed by atoms with E-state index in [0.717, 1.165) is 23.6 Å². The van der Waals surface area contributed by atoms with Crippen LogP contribution in [0.5, 0.6) is 17.2 Å². The van der Waals surface area contributed by atoms with Crippen LogP contribution < -0.4 is 14.8 Å². The predicted molar refractivity (Wildman–Crippen MR) is 130 cm³/mol. The number of carbonyl (C=O) groups is 2. The topological polar surface area (TPSA) is 117 Å². The number of piperazine rings is 1. The SMILES string of the molecule is O=C(N[C@@H](CO)C(=O)N1CCN(Cc2ccc3c(c2)OCO3)CC1)c1cc(-n2cccc2)ccc1O. The first-order valence-corrected chi connectivity index (χ1v) is 11.8. The monoisotopic (exact) mass is 492 g/mol. The molecule has 2 aromatic carbocycles. The van der Waals surface area contributed by atoms with Crippen LogP contribution in [0.2, 0.25) is 0 Å². The van der Waals surface area contributed by atoms with Crippen LogP contribution in [0.15, 0.2) is 60.9 Å². The minimum atomic E-state index is -1.10. The van der Waals surface area contributed by atoms with Crippen LogP contribution in [0.4, 0.5) is 0 Å². The van der Waals surface area contributed by atoms with Gasteiger partial charge in [-0.3, -0.25) is 14.5 Å². The number of rotatable bonds is 7. The number of carbonyl (C=O) groups excluding carboxylic acids is 2. The summed E-state index contributed by atoms with van der Waals surface area (Å²) in [6.45, 7) is 2.68. The van der Waals surface area contributed by atoms with Gasteiger partial charge in [0.15, 0.2) is 11.5 Å². The number of phenolic OH excluding ortho intramolecular Hbond substituents is 1. The maximum atomic E-state index is 13.1. The highest BCUT2D eigenvalue weighted by Gasteiger charge is 2.29. The molecular formula is C26H28N4O6. The molecule has 1 atom stereocenters. The van der Waals surface area contributed by atoms with Crippen molar-refractivity contribution in [2.75, 3.05) is 39.6 Å². The van der Waals surface area contributed by atoms with Crippen LogP contribution in [0.25, 0.3) is 5.69 Å². The van der Waals surface area contributed by atoms with Crippen LogP contribution in [0, 0.1) is 0 Å². The number of aromatic nitrogens is 1. The maximum absolute atomic E-state index is 13.1. The molecule has 3 heterocycles. The number of aliphatic hydroxyl groups is 1. The zero-order valence-corrected chi connectivity index (χ0v) is 19.7. The van der Waals surface area contributed by atoms with E-state index in [4.69, 9.17) is 9.47 Å². The highest BCUT2D eigenvalue weighted by Crippen LogP contribution is 2.33. The van der Waals surface area contributed by atoms with Crippen molar-refractivity contribution in [3.8, 4) is 22.9 Å². The highest BCUT2D eigenvalue weighted by atomic mass is 16.7. The van der Waals surface area contributed by atoms with Gasteiger partial charge in [-0.2, -0.15) is 0 Å². The first-order chi connectivity index (χ1) is 17.5. The third-order valence-corrected chi connectivity index (χ3v) is 6.44. The predicted octanol–water partition coefficient (Wildman–Crippen LogP) is 1.35. The summed E-state index contributed by atoms with van der Waals surface area (Å²) in [4.78, 5) is 29.8. The van der Waals surface area contributed by atoms with Crippen molar-refractivity contribution in [1.82, 2.24) is 19.7 Å². The highest BCUT2D eigenvalue weighted by molar-refractivity contribution is 6.00. The summed E-state index contributed by atoms with van der Waals surface area (Å²) in [5, 5.41) is 22.7. The summed E-state index contributed by atoms with van der Waals surface area (Å²) in [6.07, 6.45) is 3.64. The molecule has 3 N–H and O–H groups in total. The van der Waals surface area contributed by atoms with Crippen molar-refractivity contribution in [3.05, 3.63) is 72.1 Å². The van der Waals surface area contributed by atoms with E-state index < -0.39 is 18.6 Å². The largest absolute Gasteiger partial charge is 0.507 e. The Kier molecular flexibility index (Phi) is 6.79. The molecule has 1 saturated heterocycles. The fourth-order valence-corrected chi connectivity index (χ4v) is 4.44. The summed E-state index contributed by atoms with van der Waals surface area (Å²) in [5.74, 6) is 0.304. The second kappa shape index (κ2) is 10.3. The third-order valence-electron chi connectivity index (χ3n) is 6.44. The van der Waals surface area contributed by atoms with Gasteiger partial charge < -0.3 is 34.5 Å². The first-order valence-electron chi connectivity index (χ1n) is 11.8. The van der Waals surface area contributed by atoms with Gasteiger partial charge in [-0.05, 0) is 48.0 Å². The van der Waals surface area contributed by atoms with Crippen molar-refractivity contribution < 1.29 is 29.3 Å². The van der Waals surface area contributed by atoms with E-state index in [1.165, 1.54) is 6.07 Å². The molecule has 2 aliphatic rings. The van der Waals surface area contributed by atoms with E-state index in [1.807, 2.05) is 42.7 Å². The number of fused-ring (bicyclic) bond motifs is 1. The van der Waals surface area contributed by atoms with Crippen molar-refractivity contribution in [1.29, 1.82) is 0 Å².